The van der Waals surface area contributed by atoms with Crippen LogP contribution in [0.3, 0.4) is 0 Å². The van der Waals surface area contributed by atoms with Gasteiger partial charge in [-0.25, -0.2) is 0 Å². The summed E-state index contributed by atoms with van der Waals surface area (Å²) in [6, 6.07) is 11.0. The molecular formula is C26H30N2O5. The Hall–Kier alpha value is -3.48. The number of carbonyl (C=O) groups is 2. The van der Waals surface area contributed by atoms with Gasteiger partial charge in [-0.1, -0.05) is 18.2 Å². The van der Waals surface area contributed by atoms with Crippen LogP contribution in [-0.4, -0.2) is 37.2 Å². The molecule has 0 spiro atoms. The van der Waals surface area contributed by atoms with Crippen molar-refractivity contribution >= 4 is 23.2 Å². The molecule has 33 heavy (non-hydrogen) atoms. The highest BCUT2D eigenvalue weighted by molar-refractivity contribution is 6.00. The first kappa shape index (κ1) is 22.7. The van der Waals surface area contributed by atoms with Gasteiger partial charge in [0.15, 0.2) is 18.1 Å². The van der Waals surface area contributed by atoms with E-state index in [9.17, 15) is 9.59 Å². The summed E-state index contributed by atoms with van der Waals surface area (Å²) in [4.78, 5) is 27.2. The van der Waals surface area contributed by atoms with Crippen molar-refractivity contribution in [3.8, 4) is 17.2 Å². The van der Waals surface area contributed by atoms with Crippen LogP contribution in [0.25, 0.3) is 0 Å². The second kappa shape index (κ2) is 8.46. The lowest BCUT2D eigenvalue weighted by atomic mass is 9.93. The summed E-state index contributed by atoms with van der Waals surface area (Å²) in [5, 5.41) is 2.84. The van der Waals surface area contributed by atoms with E-state index in [0.717, 1.165) is 12.0 Å². The van der Waals surface area contributed by atoms with E-state index in [1.54, 1.807) is 35.2 Å². The topological polar surface area (TPSA) is 77.1 Å². The molecule has 4 rings (SSSR count). The number of hydrogen-bond acceptors (Lipinski definition) is 5. The van der Waals surface area contributed by atoms with Gasteiger partial charge in [-0.15, -0.1) is 6.58 Å². The van der Waals surface area contributed by atoms with Gasteiger partial charge in [-0.2, -0.15) is 0 Å². The zero-order valence-corrected chi connectivity index (χ0v) is 19.6. The molecule has 0 radical (unpaired) electrons. The van der Waals surface area contributed by atoms with Crippen molar-refractivity contribution < 1.29 is 23.8 Å². The van der Waals surface area contributed by atoms with Crippen molar-refractivity contribution in [1.82, 2.24) is 0 Å². The average molecular weight is 451 g/mol. The number of ether oxygens (including phenoxy) is 3. The van der Waals surface area contributed by atoms with Gasteiger partial charge in [0.1, 0.15) is 18.0 Å². The fourth-order valence-corrected chi connectivity index (χ4v) is 4.08. The lowest BCUT2D eigenvalue weighted by molar-refractivity contribution is -0.127. The molecule has 174 valence electrons. The number of para-hydroxylation sites is 1. The van der Waals surface area contributed by atoms with Crippen LogP contribution in [0.1, 0.15) is 33.3 Å². The van der Waals surface area contributed by atoms with Crippen LogP contribution in [0.4, 0.5) is 11.4 Å². The maximum atomic E-state index is 12.9. The first-order chi connectivity index (χ1) is 15.6. The van der Waals surface area contributed by atoms with Crippen molar-refractivity contribution in [2.45, 2.75) is 39.7 Å². The molecule has 2 heterocycles. The SMILES string of the molecule is C=CCN1C(=O)C(C)(C)COc2cc(NC(=O)COc3cccc4c3OC(C)(C)C4)ccc21. The van der Waals surface area contributed by atoms with Crippen LogP contribution in [0, 0.1) is 5.41 Å². The molecule has 0 bridgehead atoms. The van der Waals surface area contributed by atoms with E-state index >= 15 is 0 Å². The Kier molecular flexibility index (Phi) is 5.82. The zero-order chi connectivity index (χ0) is 23.8. The van der Waals surface area contributed by atoms with E-state index in [0.29, 0.717) is 35.2 Å². The van der Waals surface area contributed by atoms with Crippen LogP contribution in [0.15, 0.2) is 49.1 Å². The molecule has 7 nitrogen and oxygen atoms in total. The van der Waals surface area contributed by atoms with Gasteiger partial charge >= 0.3 is 0 Å². The number of benzene rings is 2. The largest absolute Gasteiger partial charge is 0.490 e. The number of nitrogens with one attached hydrogen (secondary N) is 1. The van der Waals surface area contributed by atoms with Gasteiger partial charge in [-0.05, 0) is 45.9 Å². The molecule has 2 aliphatic rings. The van der Waals surface area contributed by atoms with Crippen LogP contribution in [0.2, 0.25) is 0 Å². The van der Waals surface area contributed by atoms with Gasteiger partial charge in [-0.3, -0.25) is 9.59 Å². The summed E-state index contributed by atoms with van der Waals surface area (Å²) in [5.41, 5.74) is 1.32. The number of fused-ring (bicyclic) bond motifs is 2. The second-order valence-electron chi connectivity index (χ2n) is 9.68. The summed E-state index contributed by atoms with van der Waals surface area (Å²) in [6.07, 6.45) is 2.48. The highest BCUT2D eigenvalue weighted by atomic mass is 16.5. The predicted octanol–water partition coefficient (Wildman–Crippen LogP) is 4.36. The molecule has 2 aromatic carbocycles. The smallest absolute Gasteiger partial charge is 0.262 e. The first-order valence-electron chi connectivity index (χ1n) is 11.0. The monoisotopic (exact) mass is 450 g/mol. The Bertz CT molecular complexity index is 1110. The van der Waals surface area contributed by atoms with Gasteiger partial charge in [0.2, 0.25) is 5.91 Å². The average Bonchev–Trinajstić information content (AvgIpc) is 3.04. The first-order valence-corrected chi connectivity index (χ1v) is 11.0. The highest BCUT2D eigenvalue weighted by Crippen LogP contribution is 2.42. The molecule has 2 amide bonds. The van der Waals surface area contributed by atoms with E-state index in [-0.39, 0.29) is 30.6 Å². The van der Waals surface area contributed by atoms with Crippen molar-refractivity contribution in [3.05, 3.63) is 54.6 Å². The van der Waals surface area contributed by atoms with Gasteiger partial charge in [0.25, 0.3) is 5.91 Å². The van der Waals surface area contributed by atoms with Crippen LogP contribution >= 0.6 is 0 Å². The van der Waals surface area contributed by atoms with Crippen molar-refractivity contribution in [2.24, 2.45) is 5.41 Å². The standard InChI is InChI=1S/C26H30N2O5/c1-6-12-28-19-11-10-18(13-21(19)32-16-25(2,3)24(28)30)27-22(29)15-31-20-9-7-8-17-14-26(4,5)33-23(17)20/h6-11,13H,1,12,14-16H2,2-5H3,(H,27,29). The number of carbonyl (C=O) groups excluding carboxylic acids is 2. The third kappa shape index (κ3) is 4.67. The number of rotatable bonds is 6. The van der Waals surface area contributed by atoms with Crippen LogP contribution in [-0.2, 0) is 16.0 Å². The second-order valence-corrected chi connectivity index (χ2v) is 9.68. The fourth-order valence-electron chi connectivity index (χ4n) is 4.08. The Morgan fingerprint density at radius 2 is 2.03 bits per heavy atom. The molecule has 1 N–H and O–H groups in total. The lowest BCUT2D eigenvalue weighted by Gasteiger charge is -2.27. The summed E-state index contributed by atoms with van der Waals surface area (Å²) in [7, 11) is 0. The van der Waals surface area contributed by atoms with E-state index in [1.165, 1.54) is 0 Å². The normalized spacial score (nSPS) is 17.7. The minimum absolute atomic E-state index is 0.0351. The fraction of sp³-hybridized carbons (Fsp3) is 0.385. The highest BCUT2D eigenvalue weighted by Gasteiger charge is 2.37. The third-order valence-corrected chi connectivity index (χ3v) is 5.67. The molecule has 0 atom stereocenters. The molecule has 0 aliphatic carbocycles. The number of nitrogens with zero attached hydrogens (tertiary/aromatic N) is 1. The van der Waals surface area contributed by atoms with E-state index < -0.39 is 5.41 Å². The Balaban J connectivity index is 1.45. The van der Waals surface area contributed by atoms with Crippen molar-refractivity contribution in [1.29, 1.82) is 0 Å². The molecule has 0 fully saturated rings. The number of amides is 2. The molecule has 0 unspecified atom stereocenters. The lowest BCUT2D eigenvalue weighted by Crippen LogP contribution is -2.42. The number of anilines is 2. The molecule has 0 saturated heterocycles. The van der Waals surface area contributed by atoms with Crippen molar-refractivity contribution in [3.63, 3.8) is 0 Å². The molecule has 0 aromatic heterocycles. The molecule has 7 heteroatoms. The molecule has 2 aliphatic heterocycles. The van der Waals surface area contributed by atoms with Crippen LogP contribution in [0.5, 0.6) is 17.2 Å². The summed E-state index contributed by atoms with van der Waals surface area (Å²) in [5.74, 6) is 1.44. The quantitative estimate of drug-likeness (QED) is 0.662. The van der Waals surface area contributed by atoms with Gasteiger partial charge in [0.05, 0.1) is 11.1 Å². The van der Waals surface area contributed by atoms with Crippen LogP contribution < -0.4 is 24.4 Å². The molecule has 2 aromatic rings. The van der Waals surface area contributed by atoms with E-state index in [4.69, 9.17) is 14.2 Å². The van der Waals surface area contributed by atoms with Crippen molar-refractivity contribution in [2.75, 3.05) is 30.0 Å². The minimum Gasteiger partial charge on any atom is -0.490 e. The molecular weight excluding hydrogens is 420 g/mol. The Morgan fingerprint density at radius 3 is 2.79 bits per heavy atom. The maximum Gasteiger partial charge on any atom is 0.262 e. The molecule has 0 saturated carbocycles. The van der Waals surface area contributed by atoms with E-state index in [2.05, 4.69) is 11.9 Å². The third-order valence-electron chi connectivity index (χ3n) is 5.67. The summed E-state index contributed by atoms with van der Waals surface area (Å²) in [6.45, 7) is 12.0. The summed E-state index contributed by atoms with van der Waals surface area (Å²) < 4.78 is 17.7. The minimum atomic E-state index is -0.675. The van der Waals surface area contributed by atoms with Gasteiger partial charge in [0, 0.05) is 30.3 Å². The summed E-state index contributed by atoms with van der Waals surface area (Å²) >= 11 is 0. The maximum absolute atomic E-state index is 12.9. The van der Waals surface area contributed by atoms with Gasteiger partial charge < -0.3 is 24.4 Å². The van der Waals surface area contributed by atoms with E-state index in [1.807, 2.05) is 39.8 Å². The Labute approximate surface area is 194 Å². The predicted molar refractivity (Wildman–Crippen MR) is 127 cm³/mol. The number of hydrogen-bond donors (Lipinski definition) is 1. The zero-order valence-electron chi connectivity index (χ0n) is 19.6. The Morgan fingerprint density at radius 1 is 1.24 bits per heavy atom.